The number of carbonyl (C=O) groups is 1. The summed E-state index contributed by atoms with van der Waals surface area (Å²) in [5.41, 5.74) is 0.985. The number of rotatable bonds is 4. The molecule has 0 saturated carbocycles. The topological polar surface area (TPSA) is 51.2 Å². The van der Waals surface area contributed by atoms with E-state index < -0.39 is 5.82 Å². The van der Waals surface area contributed by atoms with E-state index in [0.717, 1.165) is 18.0 Å². The van der Waals surface area contributed by atoms with Gasteiger partial charge in [-0.15, -0.1) is 0 Å². The third kappa shape index (κ3) is 3.07. The summed E-state index contributed by atoms with van der Waals surface area (Å²) in [5, 5.41) is 2.97. The van der Waals surface area contributed by atoms with Crippen LogP contribution in [0, 0.1) is 5.82 Å². The van der Waals surface area contributed by atoms with Gasteiger partial charge in [0.25, 0.3) is 0 Å². The lowest BCUT2D eigenvalue weighted by Gasteiger charge is -2.09. The van der Waals surface area contributed by atoms with Crippen LogP contribution in [0.3, 0.4) is 0 Å². The highest BCUT2D eigenvalue weighted by Crippen LogP contribution is 2.25. The Balaban J connectivity index is 2.34. The number of halogens is 1. The summed E-state index contributed by atoms with van der Waals surface area (Å²) in [5.74, 6) is -0.246. The van der Waals surface area contributed by atoms with Gasteiger partial charge in [-0.1, -0.05) is 6.07 Å². The van der Waals surface area contributed by atoms with Crippen molar-refractivity contribution in [1.29, 1.82) is 0 Å². The molecule has 0 aliphatic heterocycles. The second kappa shape index (κ2) is 5.48. The zero-order valence-corrected chi connectivity index (χ0v) is 10.6. The molecular formula is C14H13FN2O2. The van der Waals surface area contributed by atoms with Crippen molar-refractivity contribution in [3.05, 3.63) is 47.9 Å². The van der Waals surface area contributed by atoms with Gasteiger partial charge in [0.15, 0.2) is 5.78 Å². The van der Waals surface area contributed by atoms with Crippen LogP contribution in [-0.2, 0) is 0 Å². The molecule has 98 valence electrons. The van der Waals surface area contributed by atoms with Crippen molar-refractivity contribution in [2.75, 3.05) is 12.4 Å². The standard InChI is InChI=1S/C14H13FN2O2/c1-9(18)13-6-10(15)8-17-14(13)19-12-5-3-4-11(7-12)16-2/h3-8,16H,1-2H3. The molecule has 0 unspecified atom stereocenters. The van der Waals surface area contributed by atoms with Gasteiger partial charge in [0.2, 0.25) is 5.88 Å². The molecule has 1 heterocycles. The van der Waals surface area contributed by atoms with Crippen molar-refractivity contribution in [3.63, 3.8) is 0 Å². The average molecular weight is 260 g/mol. The average Bonchev–Trinajstić information content (AvgIpc) is 2.41. The summed E-state index contributed by atoms with van der Waals surface area (Å²) in [6.45, 7) is 1.34. The Morgan fingerprint density at radius 1 is 1.37 bits per heavy atom. The van der Waals surface area contributed by atoms with E-state index in [1.54, 1.807) is 25.2 Å². The molecule has 19 heavy (non-hydrogen) atoms. The number of carbonyl (C=O) groups excluding carboxylic acids is 1. The Bertz CT molecular complexity index is 614. The number of nitrogens with one attached hydrogen (secondary N) is 1. The third-order valence-electron chi connectivity index (χ3n) is 2.53. The van der Waals surface area contributed by atoms with Crippen LogP contribution in [0.1, 0.15) is 17.3 Å². The maximum atomic E-state index is 13.1. The van der Waals surface area contributed by atoms with E-state index in [1.165, 1.54) is 6.92 Å². The largest absolute Gasteiger partial charge is 0.438 e. The molecule has 2 aromatic rings. The summed E-state index contributed by atoms with van der Waals surface area (Å²) in [6.07, 6.45) is 1.02. The fraction of sp³-hybridized carbons (Fsp3) is 0.143. The molecule has 1 aromatic carbocycles. The Morgan fingerprint density at radius 3 is 2.84 bits per heavy atom. The number of hydrogen-bond acceptors (Lipinski definition) is 4. The summed E-state index contributed by atoms with van der Waals surface area (Å²) in [6, 6.07) is 8.28. The number of anilines is 1. The van der Waals surface area contributed by atoms with E-state index in [-0.39, 0.29) is 17.2 Å². The highest BCUT2D eigenvalue weighted by atomic mass is 19.1. The van der Waals surface area contributed by atoms with Gasteiger partial charge in [0.05, 0.1) is 11.8 Å². The fourth-order valence-corrected chi connectivity index (χ4v) is 1.59. The Labute approximate surface area is 110 Å². The fourth-order valence-electron chi connectivity index (χ4n) is 1.59. The molecule has 0 saturated heterocycles. The molecule has 0 fully saturated rings. The van der Waals surface area contributed by atoms with Gasteiger partial charge in [0.1, 0.15) is 11.6 Å². The molecular weight excluding hydrogens is 247 g/mol. The first-order valence-corrected chi connectivity index (χ1v) is 5.72. The Kier molecular flexibility index (Phi) is 3.75. The number of aromatic nitrogens is 1. The van der Waals surface area contributed by atoms with Gasteiger partial charge in [-0.25, -0.2) is 9.37 Å². The first-order valence-electron chi connectivity index (χ1n) is 5.72. The number of nitrogens with zero attached hydrogens (tertiary/aromatic N) is 1. The summed E-state index contributed by atoms with van der Waals surface area (Å²) < 4.78 is 18.6. The minimum Gasteiger partial charge on any atom is -0.438 e. The first kappa shape index (κ1) is 13.0. The second-order valence-electron chi connectivity index (χ2n) is 3.94. The first-order chi connectivity index (χ1) is 9.10. The van der Waals surface area contributed by atoms with E-state index in [2.05, 4.69) is 10.3 Å². The predicted octanol–water partition coefficient (Wildman–Crippen LogP) is 3.26. The molecule has 0 aliphatic carbocycles. The monoisotopic (exact) mass is 260 g/mol. The molecule has 5 heteroatoms. The number of hydrogen-bond donors (Lipinski definition) is 1. The maximum absolute atomic E-state index is 13.1. The summed E-state index contributed by atoms with van der Waals surface area (Å²) in [7, 11) is 1.79. The Hall–Kier alpha value is -2.43. The van der Waals surface area contributed by atoms with Crippen LogP contribution in [0.4, 0.5) is 10.1 Å². The molecule has 0 bridgehead atoms. The number of pyridine rings is 1. The lowest BCUT2D eigenvalue weighted by atomic mass is 10.2. The molecule has 0 spiro atoms. The van der Waals surface area contributed by atoms with Crippen LogP contribution >= 0.6 is 0 Å². The lowest BCUT2D eigenvalue weighted by Crippen LogP contribution is -2.00. The number of Topliss-reactive ketones (excluding diaryl/α,β-unsaturated/α-hetero) is 1. The third-order valence-corrected chi connectivity index (χ3v) is 2.53. The van der Waals surface area contributed by atoms with E-state index in [1.807, 2.05) is 6.07 Å². The maximum Gasteiger partial charge on any atom is 0.230 e. The van der Waals surface area contributed by atoms with Crippen molar-refractivity contribution >= 4 is 11.5 Å². The van der Waals surface area contributed by atoms with Crippen LogP contribution < -0.4 is 10.1 Å². The van der Waals surface area contributed by atoms with Crippen molar-refractivity contribution < 1.29 is 13.9 Å². The SMILES string of the molecule is CNc1cccc(Oc2ncc(F)cc2C(C)=O)c1. The molecule has 0 atom stereocenters. The van der Waals surface area contributed by atoms with Gasteiger partial charge in [0, 0.05) is 18.8 Å². The molecule has 0 radical (unpaired) electrons. The quantitative estimate of drug-likeness (QED) is 0.857. The van der Waals surface area contributed by atoms with Crippen LogP contribution in [0.15, 0.2) is 36.5 Å². The van der Waals surface area contributed by atoms with Crippen LogP contribution in [-0.4, -0.2) is 17.8 Å². The van der Waals surface area contributed by atoms with E-state index >= 15 is 0 Å². The van der Waals surface area contributed by atoms with Crippen LogP contribution in [0.25, 0.3) is 0 Å². The summed E-state index contributed by atoms with van der Waals surface area (Å²) in [4.78, 5) is 15.2. The van der Waals surface area contributed by atoms with Crippen molar-refractivity contribution in [2.24, 2.45) is 0 Å². The van der Waals surface area contributed by atoms with Gasteiger partial charge >= 0.3 is 0 Å². The van der Waals surface area contributed by atoms with Gasteiger partial charge < -0.3 is 10.1 Å². The molecule has 4 nitrogen and oxygen atoms in total. The molecule has 1 N–H and O–H groups in total. The zero-order valence-electron chi connectivity index (χ0n) is 10.6. The number of benzene rings is 1. The highest BCUT2D eigenvalue weighted by Gasteiger charge is 2.12. The van der Waals surface area contributed by atoms with Gasteiger partial charge in [-0.05, 0) is 25.1 Å². The van der Waals surface area contributed by atoms with Crippen molar-refractivity contribution in [3.8, 4) is 11.6 Å². The molecule has 1 aromatic heterocycles. The molecule has 2 rings (SSSR count). The number of ketones is 1. The van der Waals surface area contributed by atoms with Crippen LogP contribution in [0.5, 0.6) is 11.6 Å². The minimum absolute atomic E-state index is 0.0992. The second-order valence-corrected chi connectivity index (χ2v) is 3.94. The number of ether oxygens (including phenoxy) is 1. The van der Waals surface area contributed by atoms with Crippen molar-refractivity contribution in [2.45, 2.75) is 6.92 Å². The normalized spacial score (nSPS) is 10.1. The zero-order chi connectivity index (χ0) is 13.8. The van der Waals surface area contributed by atoms with Crippen LogP contribution in [0.2, 0.25) is 0 Å². The highest BCUT2D eigenvalue weighted by molar-refractivity contribution is 5.96. The van der Waals surface area contributed by atoms with Crippen molar-refractivity contribution in [1.82, 2.24) is 4.98 Å². The van der Waals surface area contributed by atoms with Gasteiger partial charge in [-0.2, -0.15) is 0 Å². The smallest absolute Gasteiger partial charge is 0.230 e. The predicted molar refractivity (Wildman–Crippen MR) is 70.3 cm³/mol. The van der Waals surface area contributed by atoms with E-state index in [4.69, 9.17) is 4.74 Å². The minimum atomic E-state index is -0.568. The molecule has 0 amide bonds. The van der Waals surface area contributed by atoms with E-state index in [0.29, 0.717) is 5.75 Å². The Morgan fingerprint density at radius 2 is 2.16 bits per heavy atom. The lowest BCUT2D eigenvalue weighted by molar-refractivity contribution is 0.101. The molecule has 0 aliphatic rings. The summed E-state index contributed by atoms with van der Waals surface area (Å²) >= 11 is 0. The van der Waals surface area contributed by atoms with E-state index in [9.17, 15) is 9.18 Å². The van der Waals surface area contributed by atoms with Gasteiger partial charge in [-0.3, -0.25) is 4.79 Å².